The molecule has 0 bridgehead atoms. The molecule has 1 saturated heterocycles. The first-order valence-electron chi connectivity index (χ1n) is 8.57. The first kappa shape index (κ1) is 22.9. The van der Waals surface area contributed by atoms with Gasteiger partial charge in [-0.2, -0.15) is 0 Å². The van der Waals surface area contributed by atoms with Crippen LogP contribution in [0.15, 0.2) is 29.6 Å². The van der Waals surface area contributed by atoms with Crippen molar-refractivity contribution in [3.8, 4) is 10.6 Å². The Morgan fingerprint density at radius 2 is 2.19 bits per heavy atom. The van der Waals surface area contributed by atoms with Gasteiger partial charge in [0.15, 0.2) is 0 Å². The highest BCUT2D eigenvalue weighted by Gasteiger charge is 2.26. The summed E-state index contributed by atoms with van der Waals surface area (Å²) in [6, 6.07) is 8.45. The van der Waals surface area contributed by atoms with E-state index in [-0.39, 0.29) is 36.8 Å². The van der Waals surface area contributed by atoms with Crippen molar-refractivity contribution in [2.45, 2.75) is 39.2 Å². The Kier molecular flexibility index (Phi) is 9.04. The van der Waals surface area contributed by atoms with E-state index >= 15 is 0 Å². The molecule has 1 aliphatic heterocycles. The minimum absolute atomic E-state index is 0. The Labute approximate surface area is 172 Å². The van der Waals surface area contributed by atoms with Crippen LogP contribution in [0, 0.1) is 12.8 Å². The molecule has 0 saturated carbocycles. The van der Waals surface area contributed by atoms with Crippen molar-refractivity contribution < 1.29 is 4.79 Å². The molecule has 1 amide bonds. The number of hydrogen-bond acceptors (Lipinski definition) is 4. The van der Waals surface area contributed by atoms with E-state index in [1.807, 2.05) is 23.3 Å². The van der Waals surface area contributed by atoms with Gasteiger partial charge in [-0.1, -0.05) is 23.8 Å². The van der Waals surface area contributed by atoms with Crippen LogP contribution in [-0.2, 0) is 11.2 Å². The van der Waals surface area contributed by atoms with Gasteiger partial charge in [0.1, 0.15) is 5.01 Å². The third kappa shape index (κ3) is 5.68. The smallest absolute Gasteiger partial charge is 0.228 e. The number of amides is 1. The number of carbonyl (C=O) groups is 1. The number of piperidine rings is 1. The average molecular weight is 416 g/mol. The van der Waals surface area contributed by atoms with Crippen LogP contribution in [0.5, 0.6) is 0 Å². The molecule has 3 rings (SSSR count). The molecule has 4 nitrogen and oxygen atoms in total. The topological polar surface area (TPSA) is 59.2 Å². The van der Waals surface area contributed by atoms with Crippen LogP contribution in [0.3, 0.4) is 0 Å². The number of nitrogens with zero attached hydrogens (tertiary/aromatic N) is 2. The number of hydrogen-bond donors (Lipinski definition) is 1. The van der Waals surface area contributed by atoms with Crippen molar-refractivity contribution in [2.24, 2.45) is 11.7 Å². The first-order valence-corrected chi connectivity index (χ1v) is 9.45. The quantitative estimate of drug-likeness (QED) is 0.817. The predicted octanol–water partition coefficient (Wildman–Crippen LogP) is 4.09. The Morgan fingerprint density at radius 1 is 1.42 bits per heavy atom. The summed E-state index contributed by atoms with van der Waals surface area (Å²) < 4.78 is 0. The Morgan fingerprint density at radius 3 is 2.88 bits per heavy atom. The zero-order valence-electron chi connectivity index (χ0n) is 15.2. The Bertz CT molecular complexity index is 720. The molecule has 1 aromatic carbocycles. The van der Waals surface area contributed by atoms with E-state index in [1.54, 1.807) is 11.3 Å². The predicted molar refractivity (Wildman–Crippen MR) is 113 cm³/mol. The second kappa shape index (κ2) is 10.3. The molecule has 2 N–H and O–H groups in total. The number of benzene rings is 1. The van der Waals surface area contributed by atoms with Crippen LogP contribution < -0.4 is 5.73 Å². The fraction of sp³-hybridized carbons (Fsp3) is 0.474. The second-order valence-electron chi connectivity index (χ2n) is 6.79. The lowest BCUT2D eigenvalue weighted by atomic mass is 9.92. The maximum absolute atomic E-state index is 12.6. The number of carbonyl (C=O) groups excluding carboxylic acids is 1. The zero-order chi connectivity index (χ0) is 17.1. The molecule has 1 fully saturated rings. The van der Waals surface area contributed by atoms with Crippen LogP contribution in [0.2, 0.25) is 0 Å². The summed E-state index contributed by atoms with van der Waals surface area (Å²) in [7, 11) is 0. The molecule has 2 heterocycles. The summed E-state index contributed by atoms with van der Waals surface area (Å²) >= 11 is 1.60. The maximum atomic E-state index is 12.6. The molecule has 2 aromatic rings. The summed E-state index contributed by atoms with van der Waals surface area (Å²) in [5.41, 5.74) is 9.22. The number of aromatic nitrogens is 1. The van der Waals surface area contributed by atoms with Crippen molar-refractivity contribution in [1.82, 2.24) is 9.88 Å². The van der Waals surface area contributed by atoms with Crippen molar-refractivity contribution in [2.75, 3.05) is 13.1 Å². The number of nitrogens with two attached hydrogens (primary N) is 1. The van der Waals surface area contributed by atoms with Gasteiger partial charge >= 0.3 is 0 Å². The van der Waals surface area contributed by atoms with Gasteiger partial charge in [0.05, 0.1) is 12.1 Å². The molecule has 2 unspecified atom stereocenters. The van der Waals surface area contributed by atoms with E-state index in [2.05, 4.69) is 30.1 Å². The maximum Gasteiger partial charge on any atom is 0.228 e. The van der Waals surface area contributed by atoms with Crippen molar-refractivity contribution in [3.63, 3.8) is 0 Å². The van der Waals surface area contributed by atoms with E-state index in [0.717, 1.165) is 42.2 Å². The van der Waals surface area contributed by atoms with Crippen LogP contribution in [0.25, 0.3) is 10.6 Å². The standard InChI is InChI=1S/C19H25N3OS.2ClH/c1-13-5-3-6-15(9-13)19-21-17(12-24-19)10-18(23)22-8-4-7-16(11-22)14(2)20;;/h3,5-6,9,12,14,16H,4,7-8,10-11,20H2,1-2H3;2*1H. The molecule has 0 radical (unpaired) electrons. The third-order valence-corrected chi connectivity index (χ3v) is 5.64. The van der Waals surface area contributed by atoms with Crippen LogP contribution in [0.4, 0.5) is 0 Å². The van der Waals surface area contributed by atoms with Gasteiger partial charge in [0.25, 0.3) is 0 Å². The molecule has 26 heavy (non-hydrogen) atoms. The number of thiazole rings is 1. The van der Waals surface area contributed by atoms with Crippen molar-refractivity contribution >= 4 is 42.1 Å². The summed E-state index contributed by atoms with van der Waals surface area (Å²) in [5.74, 6) is 0.586. The van der Waals surface area contributed by atoms with Crippen LogP contribution >= 0.6 is 36.2 Å². The van der Waals surface area contributed by atoms with E-state index in [4.69, 9.17) is 5.73 Å². The van der Waals surface area contributed by atoms with Gasteiger partial charge in [0.2, 0.25) is 5.91 Å². The zero-order valence-corrected chi connectivity index (χ0v) is 17.6. The highest BCUT2D eigenvalue weighted by atomic mass is 35.5. The van der Waals surface area contributed by atoms with E-state index in [0.29, 0.717) is 12.3 Å². The monoisotopic (exact) mass is 415 g/mol. The van der Waals surface area contributed by atoms with Crippen molar-refractivity contribution in [3.05, 3.63) is 40.9 Å². The minimum Gasteiger partial charge on any atom is -0.342 e. The molecule has 0 spiro atoms. The number of likely N-dealkylation sites (tertiary alicyclic amines) is 1. The van der Waals surface area contributed by atoms with Gasteiger partial charge in [-0.3, -0.25) is 4.79 Å². The van der Waals surface area contributed by atoms with E-state index in [1.165, 1.54) is 5.56 Å². The lowest BCUT2D eigenvalue weighted by Crippen LogP contribution is -2.45. The summed E-state index contributed by atoms with van der Waals surface area (Å²) in [6.07, 6.45) is 2.55. The molecular formula is C19H27Cl2N3OS. The molecule has 2 atom stereocenters. The molecule has 144 valence electrons. The number of rotatable bonds is 4. The Hall–Kier alpha value is -1.14. The van der Waals surface area contributed by atoms with Crippen LogP contribution in [0.1, 0.15) is 31.0 Å². The largest absolute Gasteiger partial charge is 0.342 e. The summed E-state index contributed by atoms with van der Waals surface area (Å²) in [4.78, 5) is 19.2. The van der Waals surface area contributed by atoms with E-state index in [9.17, 15) is 4.79 Å². The van der Waals surface area contributed by atoms with Crippen LogP contribution in [-0.4, -0.2) is 34.9 Å². The first-order chi connectivity index (χ1) is 11.5. The lowest BCUT2D eigenvalue weighted by Gasteiger charge is -2.34. The second-order valence-corrected chi connectivity index (χ2v) is 7.65. The van der Waals surface area contributed by atoms with Gasteiger partial charge < -0.3 is 10.6 Å². The highest BCUT2D eigenvalue weighted by Crippen LogP contribution is 2.25. The lowest BCUT2D eigenvalue weighted by molar-refractivity contribution is -0.132. The fourth-order valence-corrected chi connectivity index (χ4v) is 4.05. The van der Waals surface area contributed by atoms with Crippen molar-refractivity contribution in [1.29, 1.82) is 0 Å². The average Bonchev–Trinajstić information content (AvgIpc) is 3.03. The van der Waals surface area contributed by atoms with Gasteiger partial charge in [-0.25, -0.2) is 4.98 Å². The fourth-order valence-electron chi connectivity index (χ4n) is 3.23. The minimum atomic E-state index is 0. The summed E-state index contributed by atoms with van der Waals surface area (Å²) in [6.45, 7) is 5.74. The molecule has 7 heteroatoms. The molecule has 1 aromatic heterocycles. The van der Waals surface area contributed by atoms with Gasteiger partial charge in [-0.05, 0) is 38.7 Å². The van der Waals surface area contributed by atoms with E-state index < -0.39 is 0 Å². The van der Waals surface area contributed by atoms with Gasteiger partial charge in [-0.15, -0.1) is 36.2 Å². The number of halogens is 2. The molecule has 1 aliphatic rings. The molecular weight excluding hydrogens is 389 g/mol. The number of aryl methyl sites for hydroxylation is 1. The highest BCUT2D eigenvalue weighted by molar-refractivity contribution is 7.13. The van der Waals surface area contributed by atoms with Gasteiger partial charge in [0, 0.05) is 30.1 Å². The SMILES string of the molecule is Cc1cccc(-c2nc(CC(=O)N3CCCC(C(C)N)C3)cs2)c1.Cl.Cl. The normalized spacial score (nSPS) is 17.8. The molecule has 0 aliphatic carbocycles. The summed E-state index contributed by atoms with van der Waals surface area (Å²) in [5, 5.41) is 2.98. The third-order valence-electron chi connectivity index (χ3n) is 4.70. The Balaban J connectivity index is 0.00000169.